The molecule has 3 heterocycles. The molecule has 2 unspecified atom stereocenters. The predicted molar refractivity (Wildman–Crippen MR) is 105 cm³/mol. The van der Waals surface area contributed by atoms with Crippen LogP contribution in [0.5, 0.6) is 0 Å². The van der Waals surface area contributed by atoms with E-state index in [2.05, 4.69) is 40.2 Å². The second kappa shape index (κ2) is 6.26. The highest BCUT2D eigenvalue weighted by atomic mass is 16.1. The zero-order valence-electron chi connectivity index (χ0n) is 14.7. The predicted octanol–water partition coefficient (Wildman–Crippen LogP) is 3.89. The van der Waals surface area contributed by atoms with Crippen LogP contribution in [0.4, 0.5) is 0 Å². The molecule has 2 bridgehead atoms. The van der Waals surface area contributed by atoms with Crippen LogP contribution in [0.25, 0.3) is 22.3 Å². The standard InChI is InChI=1S/C23H22N2O/c26-23-21(18-9-5-2-6-10-18)12-20(17-7-3-1-4-8-17)22-19-11-16(13-24-14-19)15-25(22)23/h1-10,12,16,19,24H,11,13-15H2. The Morgan fingerprint density at radius 1 is 0.846 bits per heavy atom. The van der Waals surface area contributed by atoms with E-state index < -0.39 is 0 Å². The second-order valence-electron chi connectivity index (χ2n) is 7.46. The highest BCUT2D eigenvalue weighted by Crippen LogP contribution is 2.39. The van der Waals surface area contributed by atoms with Crippen LogP contribution in [0, 0.1) is 5.92 Å². The van der Waals surface area contributed by atoms with Crippen molar-refractivity contribution in [3.05, 3.63) is 82.8 Å². The molecule has 3 heteroatoms. The molecular weight excluding hydrogens is 320 g/mol. The number of aromatic nitrogens is 1. The zero-order chi connectivity index (χ0) is 17.5. The van der Waals surface area contributed by atoms with Gasteiger partial charge < -0.3 is 9.88 Å². The van der Waals surface area contributed by atoms with Crippen molar-refractivity contribution in [3.8, 4) is 22.3 Å². The summed E-state index contributed by atoms with van der Waals surface area (Å²) in [6.45, 7) is 2.79. The Labute approximate surface area is 153 Å². The Kier molecular flexibility index (Phi) is 3.75. The molecule has 130 valence electrons. The number of piperidine rings is 1. The number of hydrogen-bond acceptors (Lipinski definition) is 2. The van der Waals surface area contributed by atoms with E-state index in [-0.39, 0.29) is 5.56 Å². The van der Waals surface area contributed by atoms with Gasteiger partial charge in [0.1, 0.15) is 0 Å². The average Bonchev–Trinajstić information content (AvgIpc) is 2.70. The maximum absolute atomic E-state index is 13.4. The number of fused-ring (bicyclic) bond motifs is 4. The van der Waals surface area contributed by atoms with E-state index in [0.717, 1.165) is 30.8 Å². The molecule has 26 heavy (non-hydrogen) atoms. The summed E-state index contributed by atoms with van der Waals surface area (Å²) in [6, 6.07) is 22.7. The average molecular weight is 342 g/mol. The maximum atomic E-state index is 13.4. The third-order valence-electron chi connectivity index (χ3n) is 5.77. The molecular formula is C23H22N2O. The van der Waals surface area contributed by atoms with Crippen LogP contribution in [-0.4, -0.2) is 17.7 Å². The van der Waals surface area contributed by atoms with Gasteiger partial charge in [0.2, 0.25) is 0 Å². The van der Waals surface area contributed by atoms with Gasteiger partial charge in [0.25, 0.3) is 5.56 Å². The van der Waals surface area contributed by atoms with Crippen LogP contribution in [0.2, 0.25) is 0 Å². The van der Waals surface area contributed by atoms with E-state index in [1.165, 1.54) is 23.2 Å². The molecule has 3 aromatic rings. The molecule has 2 aliphatic rings. The third-order valence-corrected chi connectivity index (χ3v) is 5.77. The van der Waals surface area contributed by atoms with E-state index in [1.54, 1.807) is 0 Å². The number of nitrogens with zero attached hydrogens (tertiary/aromatic N) is 1. The van der Waals surface area contributed by atoms with Crippen LogP contribution in [0.3, 0.4) is 0 Å². The Bertz CT molecular complexity index is 992. The second-order valence-corrected chi connectivity index (χ2v) is 7.46. The maximum Gasteiger partial charge on any atom is 0.258 e. The van der Waals surface area contributed by atoms with Gasteiger partial charge in [-0.25, -0.2) is 0 Å². The molecule has 0 aliphatic carbocycles. The number of rotatable bonds is 2. The van der Waals surface area contributed by atoms with Crippen LogP contribution in [0.15, 0.2) is 71.5 Å². The van der Waals surface area contributed by atoms with E-state index in [1.807, 2.05) is 36.4 Å². The summed E-state index contributed by atoms with van der Waals surface area (Å²) in [5, 5.41) is 3.56. The molecule has 2 aromatic carbocycles. The van der Waals surface area contributed by atoms with Crippen LogP contribution in [0.1, 0.15) is 18.0 Å². The number of pyridine rings is 1. The van der Waals surface area contributed by atoms with Gasteiger partial charge in [-0.15, -0.1) is 0 Å². The van der Waals surface area contributed by atoms with Gasteiger partial charge in [-0.3, -0.25) is 4.79 Å². The lowest BCUT2D eigenvalue weighted by molar-refractivity contribution is 0.258. The highest BCUT2D eigenvalue weighted by Gasteiger charge is 2.33. The van der Waals surface area contributed by atoms with Gasteiger partial charge in [0.05, 0.1) is 0 Å². The molecule has 0 spiro atoms. The third kappa shape index (κ3) is 2.51. The molecule has 1 fully saturated rings. The first-order chi connectivity index (χ1) is 12.8. The minimum Gasteiger partial charge on any atom is -0.316 e. The van der Waals surface area contributed by atoms with Crippen molar-refractivity contribution in [3.63, 3.8) is 0 Å². The fraction of sp³-hybridized carbons (Fsp3) is 0.261. The lowest BCUT2D eigenvalue weighted by Gasteiger charge is -2.39. The summed E-state index contributed by atoms with van der Waals surface area (Å²) in [7, 11) is 0. The number of benzene rings is 2. The number of nitrogens with one attached hydrogen (secondary N) is 1. The monoisotopic (exact) mass is 342 g/mol. The molecule has 1 saturated heterocycles. The Balaban J connectivity index is 1.81. The van der Waals surface area contributed by atoms with Gasteiger partial charge in [0, 0.05) is 35.8 Å². The summed E-state index contributed by atoms with van der Waals surface area (Å²) >= 11 is 0. The molecule has 2 atom stereocenters. The molecule has 3 nitrogen and oxygen atoms in total. The normalized spacial score (nSPS) is 21.2. The first-order valence-corrected chi connectivity index (χ1v) is 9.40. The molecule has 0 amide bonds. The Morgan fingerprint density at radius 2 is 1.50 bits per heavy atom. The van der Waals surface area contributed by atoms with Crippen LogP contribution in [-0.2, 0) is 6.54 Å². The van der Waals surface area contributed by atoms with Crippen LogP contribution < -0.4 is 10.9 Å². The fourth-order valence-corrected chi connectivity index (χ4v) is 4.61. The SMILES string of the molecule is O=c1c(-c2ccccc2)cc(-c2ccccc2)c2n1CC1CNCC2C1. The fourth-order valence-electron chi connectivity index (χ4n) is 4.61. The van der Waals surface area contributed by atoms with Crippen molar-refractivity contribution >= 4 is 0 Å². The first-order valence-electron chi connectivity index (χ1n) is 9.40. The van der Waals surface area contributed by atoms with Crippen molar-refractivity contribution in [1.29, 1.82) is 0 Å². The summed E-state index contributed by atoms with van der Waals surface area (Å²) < 4.78 is 2.07. The zero-order valence-corrected chi connectivity index (χ0v) is 14.7. The Morgan fingerprint density at radius 3 is 2.19 bits per heavy atom. The van der Waals surface area contributed by atoms with E-state index in [4.69, 9.17) is 0 Å². The molecule has 1 aromatic heterocycles. The van der Waals surface area contributed by atoms with Crippen molar-refractivity contribution in [1.82, 2.24) is 9.88 Å². The van der Waals surface area contributed by atoms with Crippen molar-refractivity contribution in [2.75, 3.05) is 13.1 Å². The van der Waals surface area contributed by atoms with E-state index in [0.29, 0.717) is 11.8 Å². The van der Waals surface area contributed by atoms with Gasteiger partial charge in [0.15, 0.2) is 0 Å². The van der Waals surface area contributed by atoms with Crippen LogP contribution >= 0.6 is 0 Å². The summed E-state index contributed by atoms with van der Waals surface area (Å²) in [5.74, 6) is 0.962. The summed E-state index contributed by atoms with van der Waals surface area (Å²) in [5.41, 5.74) is 5.57. The summed E-state index contributed by atoms with van der Waals surface area (Å²) in [6.07, 6.45) is 1.18. The first kappa shape index (κ1) is 15.6. The molecule has 0 saturated carbocycles. The van der Waals surface area contributed by atoms with Gasteiger partial charge >= 0.3 is 0 Å². The topological polar surface area (TPSA) is 34.0 Å². The van der Waals surface area contributed by atoms with Gasteiger partial charge in [-0.2, -0.15) is 0 Å². The van der Waals surface area contributed by atoms with Crippen molar-refractivity contribution < 1.29 is 0 Å². The quantitative estimate of drug-likeness (QED) is 0.767. The van der Waals surface area contributed by atoms with E-state index >= 15 is 0 Å². The largest absolute Gasteiger partial charge is 0.316 e. The minimum absolute atomic E-state index is 0.155. The minimum atomic E-state index is 0.155. The molecule has 2 aliphatic heterocycles. The lowest BCUT2D eigenvalue weighted by atomic mass is 9.80. The van der Waals surface area contributed by atoms with E-state index in [9.17, 15) is 4.79 Å². The molecule has 1 N–H and O–H groups in total. The van der Waals surface area contributed by atoms with Gasteiger partial charge in [-0.05, 0) is 36.1 Å². The summed E-state index contributed by atoms with van der Waals surface area (Å²) in [4.78, 5) is 13.4. The van der Waals surface area contributed by atoms with Gasteiger partial charge in [-0.1, -0.05) is 60.7 Å². The van der Waals surface area contributed by atoms with Crippen molar-refractivity contribution in [2.45, 2.75) is 18.9 Å². The molecule has 0 radical (unpaired) electrons. The molecule has 5 rings (SSSR count). The highest BCUT2D eigenvalue weighted by molar-refractivity contribution is 5.74. The smallest absolute Gasteiger partial charge is 0.258 e. The number of hydrogen-bond donors (Lipinski definition) is 1. The van der Waals surface area contributed by atoms with Crippen molar-refractivity contribution in [2.24, 2.45) is 5.92 Å². The lowest BCUT2D eigenvalue weighted by Crippen LogP contribution is -2.45. The Hall–Kier alpha value is -2.65.